The molecule has 0 saturated carbocycles. The molecule has 0 aliphatic rings. The largest absolute Gasteiger partial charge is 0.292 e. The Morgan fingerprint density at radius 3 is 2.75 bits per heavy atom. The van der Waals surface area contributed by atoms with E-state index in [0.29, 0.717) is 21.3 Å². The van der Waals surface area contributed by atoms with Crippen LogP contribution in [0.2, 0.25) is 0 Å². The fraction of sp³-hybridized carbons (Fsp3) is 0.231. The van der Waals surface area contributed by atoms with Gasteiger partial charge in [-0.1, -0.05) is 0 Å². The van der Waals surface area contributed by atoms with Crippen LogP contribution in [0.3, 0.4) is 0 Å². The monoisotopic (exact) mass is 356 g/mol. The Labute approximate surface area is 128 Å². The van der Waals surface area contributed by atoms with Gasteiger partial charge in [-0.3, -0.25) is 9.25 Å². The smallest absolute Gasteiger partial charge is 0.139 e. The summed E-state index contributed by atoms with van der Waals surface area (Å²) in [7, 11) is 1.82. The summed E-state index contributed by atoms with van der Waals surface area (Å²) in [5, 5.41) is 3.84. The molecule has 7 heteroatoms. The van der Waals surface area contributed by atoms with Gasteiger partial charge in [-0.05, 0) is 28.9 Å². The fourth-order valence-electron chi connectivity index (χ4n) is 2.15. The van der Waals surface area contributed by atoms with Crippen LogP contribution in [0.15, 0.2) is 29.0 Å². The maximum absolute atomic E-state index is 13.8. The van der Waals surface area contributed by atoms with E-state index in [1.807, 2.05) is 24.7 Å². The van der Waals surface area contributed by atoms with Crippen LogP contribution in [0.4, 0.5) is 4.39 Å². The van der Waals surface area contributed by atoms with E-state index in [1.165, 1.54) is 6.07 Å². The highest BCUT2D eigenvalue weighted by atomic mass is 79.9. The van der Waals surface area contributed by atoms with Crippen molar-refractivity contribution < 1.29 is 4.39 Å². The molecule has 3 aromatic rings. The van der Waals surface area contributed by atoms with Gasteiger partial charge in [-0.25, -0.2) is 9.37 Å². The standard InChI is InChI=1S/C13H11BrClFN4/c1-7(15)13-18-11-3-9(14)10(16)4-12(11)20(13)8-5-17-19(2)6-8/h3-7H,1-2H3. The summed E-state index contributed by atoms with van der Waals surface area (Å²) in [6, 6.07) is 3.10. The third-order valence-electron chi connectivity index (χ3n) is 3.03. The molecule has 0 aliphatic carbocycles. The van der Waals surface area contributed by atoms with Crippen molar-refractivity contribution in [3.05, 3.63) is 40.6 Å². The molecule has 0 N–H and O–H groups in total. The number of nitrogens with zero attached hydrogens (tertiary/aromatic N) is 4. The predicted octanol–water partition coefficient (Wildman–Crippen LogP) is 3.96. The molecule has 2 aromatic heterocycles. The Balaban J connectivity index is 2.37. The summed E-state index contributed by atoms with van der Waals surface area (Å²) in [5.41, 5.74) is 2.16. The Kier molecular flexibility index (Phi) is 3.30. The molecule has 1 aromatic carbocycles. The van der Waals surface area contributed by atoms with E-state index < -0.39 is 0 Å². The van der Waals surface area contributed by atoms with Crippen molar-refractivity contribution in [3.63, 3.8) is 0 Å². The lowest BCUT2D eigenvalue weighted by atomic mass is 10.3. The number of benzene rings is 1. The quantitative estimate of drug-likeness (QED) is 0.651. The molecule has 0 fully saturated rings. The van der Waals surface area contributed by atoms with Crippen molar-refractivity contribution in [2.75, 3.05) is 0 Å². The van der Waals surface area contributed by atoms with Crippen LogP contribution in [0, 0.1) is 5.82 Å². The van der Waals surface area contributed by atoms with E-state index in [1.54, 1.807) is 16.9 Å². The highest BCUT2D eigenvalue weighted by molar-refractivity contribution is 9.10. The Morgan fingerprint density at radius 1 is 1.40 bits per heavy atom. The van der Waals surface area contributed by atoms with Gasteiger partial charge in [-0.2, -0.15) is 5.10 Å². The molecular weight excluding hydrogens is 347 g/mol. The molecule has 4 nitrogen and oxygen atoms in total. The second-order valence-corrected chi connectivity index (χ2v) is 6.06. The maximum Gasteiger partial charge on any atom is 0.139 e. The van der Waals surface area contributed by atoms with Crippen LogP contribution in [0.1, 0.15) is 18.1 Å². The average molecular weight is 358 g/mol. The molecule has 0 spiro atoms. The third-order valence-corrected chi connectivity index (χ3v) is 3.83. The fourth-order valence-corrected chi connectivity index (χ4v) is 2.63. The van der Waals surface area contributed by atoms with Crippen molar-refractivity contribution in [1.29, 1.82) is 0 Å². The summed E-state index contributed by atoms with van der Waals surface area (Å²) in [5.74, 6) is 0.323. The Hall–Kier alpha value is -1.40. The Morgan fingerprint density at radius 2 is 2.15 bits per heavy atom. The lowest BCUT2D eigenvalue weighted by Gasteiger charge is -2.07. The normalized spacial score (nSPS) is 13.1. The molecule has 2 heterocycles. The average Bonchev–Trinajstić information content (AvgIpc) is 2.94. The number of fused-ring (bicyclic) bond motifs is 1. The van der Waals surface area contributed by atoms with E-state index >= 15 is 0 Å². The van der Waals surface area contributed by atoms with Crippen LogP contribution >= 0.6 is 27.5 Å². The number of aryl methyl sites for hydroxylation is 1. The highest BCUT2D eigenvalue weighted by Crippen LogP contribution is 2.30. The first kappa shape index (κ1) is 13.6. The van der Waals surface area contributed by atoms with Gasteiger partial charge in [0.05, 0.1) is 32.8 Å². The van der Waals surface area contributed by atoms with E-state index in [9.17, 15) is 4.39 Å². The van der Waals surface area contributed by atoms with Crippen molar-refractivity contribution >= 4 is 38.6 Å². The van der Waals surface area contributed by atoms with Crippen molar-refractivity contribution in [3.8, 4) is 5.69 Å². The van der Waals surface area contributed by atoms with Gasteiger partial charge in [-0.15, -0.1) is 11.6 Å². The molecule has 0 saturated heterocycles. The highest BCUT2D eigenvalue weighted by Gasteiger charge is 2.18. The van der Waals surface area contributed by atoms with Gasteiger partial charge in [0, 0.05) is 19.3 Å². The molecule has 20 heavy (non-hydrogen) atoms. The summed E-state index contributed by atoms with van der Waals surface area (Å²) in [6.45, 7) is 1.83. The SMILES string of the molecule is CC(Cl)c1nc2cc(Br)c(F)cc2n1-c1cnn(C)c1. The molecule has 0 amide bonds. The third kappa shape index (κ3) is 2.13. The molecule has 0 radical (unpaired) electrons. The maximum atomic E-state index is 13.8. The number of imidazole rings is 1. The lowest BCUT2D eigenvalue weighted by molar-refractivity contribution is 0.622. The molecular formula is C13H11BrClFN4. The number of aromatic nitrogens is 4. The molecule has 3 rings (SSSR count). The predicted molar refractivity (Wildman–Crippen MR) is 79.8 cm³/mol. The molecule has 104 valence electrons. The van der Waals surface area contributed by atoms with Gasteiger partial charge in [0.15, 0.2) is 0 Å². The summed E-state index contributed by atoms with van der Waals surface area (Å²) in [6.07, 6.45) is 3.54. The minimum absolute atomic E-state index is 0.301. The minimum atomic E-state index is -0.337. The number of halogens is 3. The lowest BCUT2D eigenvalue weighted by Crippen LogP contribution is -2.01. The molecule has 1 unspecified atom stereocenters. The van der Waals surface area contributed by atoms with Gasteiger partial charge in [0.25, 0.3) is 0 Å². The number of alkyl halides is 1. The van der Waals surface area contributed by atoms with E-state index in [-0.39, 0.29) is 11.2 Å². The van der Waals surface area contributed by atoms with E-state index in [2.05, 4.69) is 26.0 Å². The van der Waals surface area contributed by atoms with Crippen molar-refractivity contribution in [2.45, 2.75) is 12.3 Å². The minimum Gasteiger partial charge on any atom is -0.292 e. The zero-order valence-electron chi connectivity index (χ0n) is 10.8. The Bertz CT molecular complexity index is 793. The van der Waals surface area contributed by atoms with Crippen LogP contribution in [0.5, 0.6) is 0 Å². The summed E-state index contributed by atoms with van der Waals surface area (Å²) in [4.78, 5) is 4.50. The van der Waals surface area contributed by atoms with Crippen LogP contribution in [-0.4, -0.2) is 19.3 Å². The topological polar surface area (TPSA) is 35.6 Å². The first-order valence-corrected chi connectivity index (χ1v) is 7.21. The molecule has 1 atom stereocenters. The van der Waals surface area contributed by atoms with Crippen molar-refractivity contribution in [1.82, 2.24) is 19.3 Å². The second-order valence-electron chi connectivity index (χ2n) is 4.55. The zero-order chi connectivity index (χ0) is 14.4. The van der Waals surface area contributed by atoms with Gasteiger partial charge in [0.2, 0.25) is 0 Å². The van der Waals surface area contributed by atoms with E-state index in [0.717, 1.165) is 5.69 Å². The summed E-state index contributed by atoms with van der Waals surface area (Å²) < 4.78 is 17.7. The first-order valence-electron chi connectivity index (χ1n) is 5.98. The van der Waals surface area contributed by atoms with E-state index in [4.69, 9.17) is 11.6 Å². The molecule has 0 aliphatic heterocycles. The first-order chi connectivity index (χ1) is 9.47. The van der Waals surface area contributed by atoms with Crippen LogP contribution in [0.25, 0.3) is 16.7 Å². The summed E-state index contributed by atoms with van der Waals surface area (Å²) >= 11 is 9.37. The van der Waals surface area contributed by atoms with Crippen molar-refractivity contribution in [2.24, 2.45) is 7.05 Å². The number of hydrogen-bond acceptors (Lipinski definition) is 2. The van der Waals surface area contributed by atoms with Gasteiger partial charge >= 0.3 is 0 Å². The molecule has 0 bridgehead atoms. The van der Waals surface area contributed by atoms with Crippen LogP contribution < -0.4 is 0 Å². The van der Waals surface area contributed by atoms with Gasteiger partial charge in [0.1, 0.15) is 11.6 Å². The number of hydrogen-bond donors (Lipinski definition) is 0. The number of rotatable bonds is 2. The van der Waals surface area contributed by atoms with Crippen LogP contribution in [-0.2, 0) is 7.05 Å². The zero-order valence-corrected chi connectivity index (χ0v) is 13.2. The van der Waals surface area contributed by atoms with Gasteiger partial charge < -0.3 is 0 Å². The second kappa shape index (κ2) is 4.86.